The number of anilines is 1. The Kier molecular flexibility index (Phi) is 8.08. The van der Waals surface area contributed by atoms with E-state index in [9.17, 15) is 18.8 Å². The molecular weight excluding hydrogens is 497 g/mol. The van der Waals surface area contributed by atoms with Gasteiger partial charge in [-0.1, -0.05) is 61.8 Å². The lowest BCUT2D eigenvalue weighted by Gasteiger charge is -2.24. The van der Waals surface area contributed by atoms with Gasteiger partial charge in [-0.05, 0) is 53.1 Å². The summed E-state index contributed by atoms with van der Waals surface area (Å²) in [5, 5.41) is 6.18. The van der Waals surface area contributed by atoms with Gasteiger partial charge in [-0.25, -0.2) is 9.18 Å². The van der Waals surface area contributed by atoms with Crippen LogP contribution in [-0.2, 0) is 27.4 Å². The van der Waals surface area contributed by atoms with Crippen LogP contribution in [0.25, 0.3) is 0 Å². The highest BCUT2D eigenvalue weighted by molar-refractivity contribution is 6.30. The van der Waals surface area contributed by atoms with Crippen LogP contribution in [0.5, 0.6) is 0 Å². The maximum Gasteiger partial charge on any atom is 0.411 e. The van der Waals surface area contributed by atoms with Gasteiger partial charge in [-0.15, -0.1) is 0 Å². The molecular formula is C28H27ClFN3O4. The van der Waals surface area contributed by atoms with Crippen LogP contribution in [0, 0.1) is 11.7 Å². The van der Waals surface area contributed by atoms with Crippen molar-refractivity contribution in [3.05, 3.63) is 100 Å². The summed E-state index contributed by atoms with van der Waals surface area (Å²) >= 11 is 6.12. The minimum absolute atomic E-state index is 0.105. The van der Waals surface area contributed by atoms with Crippen LogP contribution in [-0.4, -0.2) is 28.8 Å². The third kappa shape index (κ3) is 6.46. The number of hydrogen-bond donors (Lipinski definition) is 2. The van der Waals surface area contributed by atoms with Crippen molar-refractivity contribution >= 4 is 35.2 Å². The number of benzene rings is 3. The average molecular weight is 524 g/mol. The Morgan fingerprint density at radius 2 is 1.76 bits per heavy atom. The molecule has 1 aliphatic heterocycles. The first kappa shape index (κ1) is 26.2. The van der Waals surface area contributed by atoms with E-state index in [0.29, 0.717) is 21.8 Å². The number of hydrogen-bond acceptors (Lipinski definition) is 4. The molecule has 0 spiro atoms. The monoisotopic (exact) mass is 523 g/mol. The quantitative estimate of drug-likeness (QED) is 0.411. The highest BCUT2D eigenvalue weighted by atomic mass is 35.5. The molecule has 37 heavy (non-hydrogen) atoms. The van der Waals surface area contributed by atoms with E-state index in [2.05, 4.69) is 10.6 Å². The molecule has 0 aromatic heterocycles. The van der Waals surface area contributed by atoms with E-state index >= 15 is 0 Å². The second kappa shape index (κ2) is 11.4. The minimum atomic E-state index is -0.997. The highest BCUT2D eigenvalue weighted by Gasteiger charge is 2.47. The predicted molar refractivity (Wildman–Crippen MR) is 138 cm³/mol. The average Bonchev–Trinajstić information content (AvgIpc) is 3.19. The molecule has 2 atom stereocenters. The first-order valence-corrected chi connectivity index (χ1v) is 12.2. The summed E-state index contributed by atoms with van der Waals surface area (Å²) in [5.74, 6) is -1.18. The molecule has 3 aromatic rings. The van der Waals surface area contributed by atoms with Crippen molar-refractivity contribution in [3.63, 3.8) is 0 Å². The maximum absolute atomic E-state index is 13.5. The van der Waals surface area contributed by atoms with E-state index in [1.165, 1.54) is 17.0 Å². The van der Waals surface area contributed by atoms with Crippen molar-refractivity contribution in [2.45, 2.75) is 39.1 Å². The van der Waals surface area contributed by atoms with E-state index in [1.54, 1.807) is 68.4 Å². The van der Waals surface area contributed by atoms with E-state index in [4.69, 9.17) is 16.3 Å². The van der Waals surface area contributed by atoms with E-state index in [1.807, 2.05) is 6.07 Å². The summed E-state index contributed by atoms with van der Waals surface area (Å²) in [6.07, 6.45) is -1.57. The Morgan fingerprint density at radius 3 is 2.46 bits per heavy atom. The lowest BCUT2D eigenvalue weighted by Crippen LogP contribution is -2.46. The molecule has 0 aliphatic carbocycles. The molecule has 1 aliphatic rings. The van der Waals surface area contributed by atoms with Gasteiger partial charge in [0.2, 0.25) is 11.8 Å². The number of halogens is 2. The Labute approximate surface area is 219 Å². The zero-order valence-corrected chi connectivity index (χ0v) is 21.2. The molecule has 3 aromatic carbocycles. The summed E-state index contributed by atoms with van der Waals surface area (Å²) in [6, 6.07) is 18.7. The van der Waals surface area contributed by atoms with E-state index in [0.717, 1.165) is 5.56 Å². The van der Waals surface area contributed by atoms with Crippen LogP contribution < -0.4 is 10.6 Å². The molecule has 1 saturated heterocycles. The molecule has 2 N–H and O–H groups in total. The van der Waals surface area contributed by atoms with Crippen LogP contribution >= 0.6 is 11.6 Å². The lowest BCUT2D eigenvalue weighted by atomic mass is 9.99. The van der Waals surface area contributed by atoms with Crippen molar-refractivity contribution < 1.29 is 23.5 Å². The van der Waals surface area contributed by atoms with Crippen molar-refractivity contribution in [3.8, 4) is 0 Å². The third-order valence-corrected chi connectivity index (χ3v) is 6.22. The SMILES string of the molecule is CC(C)C(=O)Nc1cccc([C@@H]2OC(=O)N(Cc3cccc(Cl)c3)[C@H]2C(=O)NCc2ccc(F)cc2)c1. The number of nitrogens with one attached hydrogen (secondary N) is 2. The fourth-order valence-corrected chi connectivity index (χ4v) is 4.23. The lowest BCUT2D eigenvalue weighted by molar-refractivity contribution is -0.126. The topological polar surface area (TPSA) is 87.7 Å². The van der Waals surface area contributed by atoms with E-state index in [-0.39, 0.29) is 30.7 Å². The maximum atomic E-state index is 13.5. The van der Waals surface area contributed by atoms with Gasteiger partial charge in [0.05, 0.1) is 6.54 Å². The summed E-state index contributed by atoms with van der Waals surface area (Å²) in [7, 11) is 0. The van der Waals surface area contributed by atoms with Gasteiger partial charge in [0.25, 0.3) is 0 Å². The predicted octanol–water partition coefficient (Wildman–Crippen LogP) is 5.45. The van der Waals surface area contributed by atoms with Crippen molar-refractivity contribution in [1.29, 1.82) is 0 Å². The fourth-order valence-electron chi connectivity index (χ4n) is 4.02. The van der Waals surface area contributed by atoms with Gasteiger partial charge in [0.15, 0.2) is 12.1 Å². The molecule has 3 amide bonds. The molecule has 192 valence electrons. The molecule has 0 bridgehead atoms. The number of nitrogens with zero attached hydrogens (tertiary/aromatic N) is 1. The largest absolute Gasteiger partial charge is 0.438 e. The molecule has 7 nitrogen and oxygen atoms in total. The second-order valence-corrected chi connectivity index (χ2v) is 9.56. The van der Waals surface area contributed by atoms with Crippen LogP contribution in [0.4, 0.5) is 14.9 Å². The Morgan fingerprint density at radius 1 is 1.03 bits per heavy atom. The van der Waals surface area contributed by atoms with Crippen molar-refractivity contribution in [2.75, 3.05) is 5.32 Å². The fraction of sp³-hybridized carbons (Fsp3) is 0.250. The standard InChI is InChI=1S/C28H27ClFN3O4/c1-17(2)26(34)32-23-8-4-6-20(14-23)25-24(27(35)31-15-18-9-11-22(30)12-10-18)33(28(36)37-25)16-19-5-3-7-21(29)13-19/h3-14,17,24-25H,15-16H2,1-2H3,(H,31,35)(H,32,34)/t24-,25+/m1/s1. The second-order valence-electron chi connectivity index (χ2n) is 9.12. The number of cyclic esters (lactones) is 1. The smallest absolute Gasteiger partial charge is 0.411 e. The molecule has 1 fully saturated rings. The van der Waals surface area contributed by atoms with Crippen molar-refractivity contribution in [2.24, 2.45) is 5.92 Å². The normalized spacial score (nSPS) is 17.0. The Balaban J connectivity index is 1.62. The Bertz CT molecular complexity index is 1300. The van der Waals surface area contributed by atoms with E-state index < -0.39 is 24.1 Å². The minimum Gasteiger partial charge on any atom is -0.438 e. The first-order chi connectivity index (χ1) is 17.7. The Hall–Kier alpha value is -3.91. The number of carbonyl (C=O) groups is 3. The van der Waals surface area contributed by atoms with Crippen LogP contribution in [0.1, 0.15) is 36.6 Å². The van der Waals surface area contributed by atoms with Crippen LogP contribution in [0.2, 0.25) is 5.02 Å². The number of amides is 3. The van der Waals surface area contributed by atoms with Crippen molar-refractivity contribution in [1.82, 2.24) is 10.2 Å². The number of rotatable bonds is 8. The summed E-state index contributed by atoms with van der Waals surface area (Å²) in [4.78, 5) is 40.0. The summed E-state index contributed by atoms with van der Waals surface area (Å²) < 4.78 is 19.0. The molecule has 1 heterocycles. The van der Waals surface area contributed by atoms with Gasteiger partial charge in [-0.3, -0.25) is 14.5 Å². The molecule has 0 saturated carbocycles. The molecule has 9 heteroatoms. The molecule has 0 radical (unpaired) electrons. The molecule has 4 rings (SSSR count). The third-order valence-electron chi connectivity index (χ3n) is 5.98. The van der Waals surface area contributed by atoms with Gasteiger partial charge < -0.3 is 15.4 Å². The number of carbonyl (C=O) groups excluding carboxylic acids is 3. The molecule has 0 unspecified atom stereocenters. The highest BCUT2D eigenvalue weighted by Crippen LogP contribution is 2.35. The van der Waals surface area contributed by atoms with Gasteiger partial charge in [-0.2, -0.15) is 0 Å². The van der Waals surface area contributed by atoms with Gasteiger partial charge >= 0.3 is 6.09 Å². The zero-order valence-electron chi connectivity index (χ0n) is 20.4. The summed E-state index contributed by atoms with van der Waals surface area (Å²) in [5.41, 5.74) is 2.53. The summed E-state index contributed by atoms with van der Waals surface area (Å²) in [6.45, 7) is 3.82. The van der Waals surface area contributed by atoms with Gasteiger partial charge in [0, 0.05) is 23.2 Å². The van der Waals surface area contributed by atoms with Crippen LogP contribution in [0.15, 0.2) is 72.8 Å². The van der Waals surface area contributed by atoms with Gasteiger partial charge in [0.1, 0.15) is 5.82 Å². The number of ether oxygens (including phenoxy) is 1. The first-order valence-electron chi connectivity index (χ1n) is 11.9. The zero-order chi connectivity index (χ0) is 26.5. The van der Waals surface area contributed by atoms with Crippen LogP contribution in [0.3, 0.4) is 0 Å².